The van der Waals surface area contributed by atoms with Crippen molar-refractivity contribution in [2.75, 3.05) is 50.8 Å². The molecule has 4 heterocycles. The van der Waals surface area contributed by atoms with Gasteiger partial charge in [0.05, 0.1) is 5.56 Å². The Kier molecular flexibility index (Phi) is 8.96. The molecular formula is C32H32F3N7O4. The number of alkyl halides is 3. The zero-order valence-corrected chi connectivity index (χ0v) is 24.8. The fourth-order valence-corrected chi connectivity index (χ4v) is 6.07. The Hall–Kier alpha value is -4.87. The minimum atomic E-state index is -4.66. The van der Waals surface area contributed by atoms with Crippen molar-refractivity contribution in [2.24, 2.45) is 5.92 Å². The van der Waals surface area contributed by atoms with Crippen LogP contribution in [-0.4, -0.2) is 84.8 Å². The highest BCUT2D eigenvalue weighted by molar-refractivity contribution is 5.94. The van der Waals surface area contributed by atoms with Gasteiger partial charge in [0.1, 0.15) is 36.6 Å². The number of ether oxygens (including phenoxy) is 2. The third-order valence-corrected chi connectivity index (χ3v) is 8.46. The van der Waals surface area contributed by atoms with Gasteiger partial charge in [-0.05, 0) is 48.0 Å². The average Bonchev–Trinajstić information content (AvgIpc) is 3.51. The van der Waals surface area contributed by atoms with Crippen LogP contribution in [0.4, 0.5) is 19.0 Å². The number of carbonyl (C=O) groups is 2. The first-order valence-corrected chi connectivity index (χ1v) is 14.9. The van der Waals surface area contributed by atoms with E-state index in [0.717, 1.165) is 16.9 Å². The lowest BCUT2D eigenvalue weighted by Gasteiger charge is -2.38. The molecular weight excluding hydrogens is 603 g/mol. The number of hydrogen-bond donors (Lipinski definition) is 2. The molecule has 0 aliphatic carbocycles. The molecule has 3 aliphatic heterocycles. The molecule has 240 valence electrons. The van der Waals surface area contributed by atoms with Gasteiger partial charge >= 0.3 is 6.18 Å². The SMILES string of the molecule is N#Cc1ccc(N2CCN(C(=O)c3ccc(OCCOc4cccc5c4CN(C4CNNC(=O)C4C(F)(F)F)C5)cc3)CC2)nc1. The van der Waals surface area contributed by atoms with Crippen molar-refractivity contribution in [3.63, 3.8) is 0 Å². The van der Waals surface area contributed by atoms with Gasteiger partial charge in [0.25, 0.3) is 5.91 Å². The molecule has 2 atom stereocenters. The van der Waals surface area contributed by atoms with Gasteiger partial charge in [-0.25, -0.2) is 10.4 Å². The predicted octanol–water partition coefficient (Wildman–Crippen LogP) is 2.87. The van der Waals surface area contributed by atoms with E-state index in [9.17, 15) is 22.8 Å². The summed E-state index contributed by atoms with van der Waals surface area (Å²) < 4.78 is 52.9. The number of anilines is 1. The van der Waals surface area contributed by atoms with Gasteiger partial charge in [-0.1, -0.05) is 12.1 Å². The lowest BCUT2D eigenvalue weighted by atomic mass is 9.95. The summed E-state index contributed by atoms with van der Waals surface area (Å²) >= 11 is 0. The summed E-state index contributed by atoms with van der Waals surface area (Å²) in [5, 5.41) is 8.96. The molecule has 0 spiro atoms. The predicted molar refractivity (Wildman–Crippen MR) is 160 cm³/mol. The van der Waals surface area contributed by atoms with Gasteiger partial charge in [-0.3, -0.25) is 19.9 Å². The lowest BCUT2D eigenvalue weighted by molar-refractivity contribution is -0.201. The summed E-state index contributed by atoms with van der Waals surface area (Å²) in [6.45, 7) is 3.28. The molecule has 2 amide bonds. The van der Waals surface area contributed by atoms with Crippen LogP contribution >= 0.6 is 0 Å². The van der Waals surface area contributed by atoms with Crippen molar-refractivity contribution < 1.29 is 32.2 Å². The molecule has 1 aromatic heterocycles. The topological polar surface area (TPSA) is 123 Å². The molecule has 2 aromatic carbocycles. The minimum absolute atomic E-state index is 0.0213. The molecule has 14 heteroatoms. The van der Waals surface area contributed by atoms with Crippen LogP contribution in [-0.2, 0) is 17.9 Å². The average molecular weight is 636 g/mol. The Bertz CT molecular complexity index is 1600. The largest absolute Gasteiger partial charge is 0.490 e. The summed E-state index contributed by atoms with van der Waals surface area (Å²) in [6, 6.07) is 16.9. The molecule has 0 radical (unpaired) electrons. The number of carbonyl (C=O) groups excluding carboxylic acids is 2. The van der Waals surface area contributed by atoms with Gasteiger partial charge in [-0.2, -0.15) is 18.4 Å². The van der Waals surface area contributed by atoms with Crippen LogP contribution in [0, 0.1) is 17.2 Å². The Morgan fingerprint density at radius 3 is 2.46 bits per heavy atom. The Balaban J connectivity index is 0.972. The normalized spacial score (nSPS) is 20.1. The molecule has 0 bridgehead atoms. The molecule has 2 saturated heterocycles. The van der Waals surface area contributed by atoms with E-state index in [0.29, 0.717) is 48.8 Å². The number of halogens is 3. The highest BCUT2D eigenvalue weighted by atomic mass is 19.4. The Labute approximate surface area is 263 Å². The van der Waals surface area contributed by atoms with Crippen molar-refractivity contribution in [2.45, 2.75) is 25.3 Å². The quantitative estimate of drug-likeness (QED) is 0.360. The number of pyridine rings is 1. The van der Waals surface area contributed by atoms with Crippen LogP contribution in [0.25, 0.3) is 0 Å². The second-order valence-electron chi connectivity index (χ2n) is 11.3. The number of nitrogens with zero attached hydrogens (tertiary/aromatic N) is 5. The standard InChI is InChI=1S/C32H32F3N7O4/c33-32(34,35)29-26(18-38-39-30(29)43)42-19-23-2-1-3-27(25(23)20-42)46-15-14-45-24-7-5-22(6-8-24)31(44)41-12-10-40(11-13-41)28-9-4-21(16-36)17-37-28/h1-9,17,26,29,38H,10-15,18-20H2,(H,39,43). The highest BCUT2D eigenvalue weighted by Crippen LogP contribution is 2.38. The van der Waals surface area contributed by atoms with Crippen molar-refractivity contribution in [1.82, 2.24) is 25.6 Å². The van der Waals surface area contributed by atoms with Crippen molar-refractivity contribution in [3.05, 3.63) is 83.0 Å². The Morgan fingerprint density at radius 1 is 1.00 bits per heavy atom. The molecule has 3 aromatic rings. The second kappa shape index (κ2) is 13.2. The van der Waals surface area contributed by atoms with E-state index in [4.69, 9.17) is 14.7 Å². The van der Waals surface area contributed by atoms with E-state index in [2.05, 4.69) is 26.8 Å². The summed E-state index contributed by atoms with van der Waals surface area (Å²) in [5.41, 5.74) is 7.39. The van der Waals surface area contributed by atoms with E-state index in [1.165, 1.54) is 0 Å². The van der Waals surface area contributed by atoms with E-state index >= 15 is 0 Å². The van der Waals surface area contributed by atoms with Crippen LogP contribution in [0.3, 0.4) is 0 Å². The van der Waals surface area contributed by atoms with E-state index < -0.39 is 24.0 Å². The Morgan fingerprint density at radius 2 is 1.76 bits per heavy atom. The molecule has 0 saturated carbocycles. The zero-order valence-electron chi connectivity index (χ0n) is 24.8. The lowest BCUT2D eigenvalue weighted by Crippen LogP contribution is -2.63. The molecule has 46 heavy (non-hydrogen) atoms. The third kappa shape index (κ3) is 6.70. The van der Waals surface area contributed by atoms with Crippen LogP contribution < -0.4 is 25.2 Å². The van der Waals surface area contributed by atoms with Gasteiger partial charge < -0.3 is 19.3 Å². The number of rotatable bonds is 8. The van der Waals surface area contributed by atoms with Crippen LogP contribution in [0.1, 0.15) is 27.0 Å². The number of benzene rings is 2. The summed E-state index contributed by atoms with van der Waals surface area (Å²) in [5.74, 6) is -1.35. The molecule has 2 fully saturated rings. The number of nitrogens with one attached hydrogen (secondary N) is 2. The smallest absolute Gasteiger partial charge is 0.402 e. The first-order chi connectivity index (χ1) is 22.2. The minimum Gasteiger partial charge on any atom is -0.490 e. The van der Waals surface area contributed by atoms with Gasteiger partial charge in [0, 0.05) is 69.2 Å². The fraction of sp³-hybridized carbons (Fsp3) is 0.375. The van der Waals surface area contributed by atoms with Crippen LogP contribution in [0.5, 0.6) is 11.5 Å². The summed E-state index contributed by atoms with van der Waals surface area (Å²) in [7, 11) is 0. The summed E-state index contributed by atoms with van der Waals surface area (Å²) in [6.07, 6.45) is -3.12. The molecule has 2 N–H and O–H groups in total. The number of piperazine rings is 1. The molecule has 6 rings (SSSR count). The van der Waals surface area contributed by atoms with Crippen molar-refractivity contribution >= 4 is 17.6 Å². The van der Waals surface area contributed by atoms with Crippen LogP contribution in [0.2, 0.25) is 0 Å². The van der Waals surface area contributed by atoms with Crippen LogP contribution in [0.15, 0.2) is 60.8 Å². The van der Waals surface area contributed by atoms with Gasteiger partial charge in [0.2, 0.25) is 5.91 Å². The summed E-state index contributed by atoms with van der Waals surface area (Å²) in [4.78, 5) is 35.0. The molecule has 11 nitrogen and oxygen atoms in total. The number of amides is 2. The maximum absolute atomic E-state index is 13.7. The zero-order chi connectivity index (χ0) is 32.3. The number of nitriles is 1. The second-order valence-corrected chi connectivity index (χ2v) is 11.3. The fourth-order valence-electron chi connectivity index (χ4n) is 6.07. The van der Waals surface area contributed by atoms with Crippen molar-refractivity contribution in [3.8, 4) is 17.6 Å². The number of hydrogen-bond acceptors (Lipinski definition) is 9. The molecule has 2 unspecified atom stereocenters. The van der Waals surface area contributed by atoms with Crippen molar-refractivity contribution in [1.29, 1.82) is 5.26 Å². The monoisotopic (exact) mass is 635 g/mol. The molecule has 3 aliphatic rings. The number of fused-ring (bicyclic) bond motifs is 1. The van der Waals surface area contributed by atoms with E-state index in [1.54, 1.807) is 58.5 Å². The number of aromatic nitrogens is 1. The maximum atomic E-state index is 13.7. The highest BCUT2D eigenvalue weighted by Gasteiger charge is 2.53. The first-order valence-electron chi connectivity index (χ1n) is 14.9. The van der Waals surface area contributed by atoms with E-state index in [-0.39, 0.29) is 38.8 Å². The van der Waals surface area contributed by atoms with E-state index in [1.807, 2.05) is 12.1 Å². The van der Waals surface area contributed by atoms with Gasteiger partial charge in [-0.15, -0.1) is 0 Å². The first kappa shape index (κ1) is 31.1. The maximum Gasteiger partial charge on any atom is 0.402 e. The van der Waals surface area contributed by atoms with Gasteiger partial charge in [0.15, 0.2) is 5.92 Å². The third-order valence-electron chi connectivity index (χ3n) is 8.46. The number of hydrazine groups is 1.